The van der Waals surface area contributed by atoms with E-state index in [1.165, 1.54) is 12.1 Å². The molecule has 0 spiro atoms. The van der Waals surface area contributed by atoms with E-state index in [9.17, 15) is 9.59 Å². The van der Waals surface area contributed by atoms with Crippen LogP contribution in [0, 0.1) is 0 Å². The predicted octanol–water partition coefficient (Wildman–Crippen LogP) is 2.32. The lowest BCUT2D eigenvalue weighted by molar-refractivity contribution is 0.0698. The minimum atomic E-state index is -1.10. The van der Waals surface area contributed by atoms with Gasteiger partial charge in [-0.05, 0) is 18.6 Å². The monoisotopic (exact) mass is 288 g/mol. The van der Waals surface area contributed by atoms with E-state index in [4.69, 9.17) is 5.11 Å². The molecule has 21 heavy (non-hydrogen) atoms. The highest BCUT2D eigenvalue weighted by Gasteiger charge is 2.13. The van der Waals surface area contributed by atoms with Gasteiger partial charge in [-0.2, -0.15) is 5.10 Å². The number of hydrogen-bond acceptors (Lipinski definition) is 3. The summed E-state index contributed by atoms with van der Waals surface area (Å²) in [4.78, 5) is 23.1. The van der Waals surface area contributed by atoms with Crippen molar-refractivity contribution in [2.75, 3.05) is 10.6 Å². The summed E-state index contributed by atoms with van der Waals surface area (Å²) < 4.78 is 1.61. The Kier molecular flexibility index (Phi) is 4.22. The molecule has 0 unspecified atom stereocenters. The van der Waals surface area contributed by atoms with Crippen molar-refractivity contribution in [1.29, 1.82) is 0 Å². The molecule has 0 fully saturated rings. The Labute approximate surface area is 121 Å². The lowest BCUT2D eigenvalue weighted by Gasteiger charge is -2.09. The smallest absolute Gasteiger partial charge is 0.337 e. The van der Waals surface area contributed by atoms with Gasteiger partial charge in [0.25, 0.3) is 0 Å². The van der Waals surface area contributed by atoms with Crippen LogP contribution in [0.1, 0.15) is 23.0 Å². The molecule has 2 rings (SSSR count). The molecule has 7 nitrogen and oxygen atoms in total. The Balaban J connectivity index is 2.14. The van der Waals surface area contributed by atoms with E-state index in [0.29, 0.717) is 12.1 Å². The highest BCUT2D eigenvalue weighted by molar-refractivity contribution is 6.04. The molecule has 0 saturated carbocycles. The van der Waals surface area contributed by atoms with Crippen molar-refractivity contribution < 1.29 is 14.7 Å². The first kappa shape index (κ1) is 14.6. The number of carboxylic acid groups (broad SMARTS) is 1. The molecular weight excluding hydrogens is 272 g/mol. The van der Waals surface area contributed by atoms with Gasteiger partial charge in [0, 0.05) is 13.2 Å². The summed E-state index contributed by atoms with van der Waals surface area (Å²) in [5, 5.41) is 18.5. The molecule has 1 aromatic carbocycles. The Morgan fingerprint density at radius 3 is 2.57 bits per heavy atom. The zero-order valence-corrected chi connectivity index (χ0v) is 11.8. The first-order valence-electron chi connectivity index (χ1n) is 6.44. The number of benzene rings is 1. The van der Waals surface area contributed by atoms with Crippen LogP contribution in [0.4, 0.5) is 16.2 Å². The summed E-state index contributed by atoms with van der Waals surface area (Å²) >= 11 is 0. The molecule has 3 N–H and O–H groups in total. The van der Waals surface area contributed by atoms with E-state index in [-0.39, 0.29) is 11.3 Å². The maximum Gasteiger partial charge on any atom is 0.337 e. The number of nitrogens with zero attached hydrogens (tertiary/aromatic N) is 2. The van der Waals surface area contributed by atoms with E-state index in [2.05, 4.69) is 15.7 Å². The molecular formula is C14H16N4O3. The molecule has 0 aliphatic rings. The van der Waals surface area contributed by atoms with Crippen LogP contribution in [0.3, 0.4) is 0 Å². The molecule has 0 aliphatic carbocycles. The highest BCUT2D eigenvalue weighted by atomic mass is 16.4. The molecule has 0 bridgehead atoms. The van der Waals surface area contributed by atoms with Gasteiger partial charge in [-0.3, -0.25) is 4.68 Å². The normalized spacial score (nSPS) is 10.2. The number of nitrogens with one attached hydrogen (secondary N) is 2. The second kappa shape index (κ2) is 6.08. The van der Waals surface area contributed by atoms with Gasteiger partial charge in [-0.1, -0.05) is 19.1 Å². The van der Waals surface area contributed by atoms with Crippen LogP contribution in [0.2, 0.25) is 0 Å². The van der Waals surface area contributed by atoms with Gasteiger partial charge >= 0.3 is 12.0 Å². The summed E-state index contributed by atoms with van der Waals surface area (Å²) in [5.74, 6) is -1.10. The number of aromatic nitrogens is 2. The number of para-hydroxylation sites is 1. The van der Waals surface area contributed by atoms with Crippen molar-refractivity contribution >= 4 is 23.4 Å². The quantitative estimate of drug-likeness (QED) is 0.804. The van der Waals surface area contributed by atoms with Crippen molar-refractivity contribution in [2.45, 2.75) is 13.3 Å². The molecule has 0 atom stereocenters. The van der Waals surface area contributed by atoms with Gasteiger partial charge in [-0.25, -0.2) is 9.59 Å². The van der Waals surface area contributed by atoms with Crippen molar-refractivity contribution in [3.8, 4) is 0 Å². The van der Waals surface area contributed by atoms with Gasteiger partial charge in [0.15, 0.2) is 0 Å². The second-order valence-corrected chi connectivity index (χ2v) is 4.45. The van der Waals surface area contributed by atoms with Gasteiger partial charge in [0.05, 0.1) is 22.6 Å². The standard InChI is InChI=1S/C14H16N4O3/c1-3-10-12(8-18(2)17-10)16-14(21)15-11-7-5-4-6-9(11)13(19)20/h4-8H,3H2,1-2H3,(H,19,20)(H2,15,16,21). The molecule has 2 aromatic rings. The molecule has 0 radical (unpaired) electrons. The van der Waals surface area contributed by atoms with Crippen LogP contribution in [-0.2, 0) is 13.5 Å². The van der Waals surface area contributed by atoms with Crippen molar-refractivity contribution in [1.82, 2.24) is 9.78 Å². The van der Waals surface area contributed by atoms with E-state index < -0.39 is 12.0 Å². The minimum absolute atomic E-state index is 0.0366. The lowest BCUT2D eigenvalue weighted by atomic mass is 10.2. The number of rotatable bonds is 4. The molecule has 1 aromatic heterocycles. The number of carbonyl (C=O) groups is 2. The molecule has 0 aliphatic heterocycles. The summed E-state index contributed by atoms with van der Waals surface area (Å²) in [6.45, 7) is 1.94. The van der Waals surface area contributed by atoms with Gasteiger partial charge < -0.3 is 15.7 Å². The van der Waals surface area contributed by atoms with Gasteiger partial charge in [0.2, 0.25) is 0 Å². The van der Waals surface area contributed by atoms with Crippen molar-refractivity contribution in [2.24, 2.45) is 7.05 Å². The zero-order valence-electron chi connectivity index (χ0n) is 11.8. The van der Waals surface area contributed by atoms with Crippen LogP contribution in [0.25, 0.3) is 0 Å². The SMILES string of the molecule is CCc1nn(C)cc1NC(=O)Nc1ccccc1C(=O)O. The Hall–Kier alpha value is -2.83. The third kappa shape index (κ3) is 3.38. The number of amides is 2. The number of hydrogen-bond donors (Lipinski definition) is 3. The fourth-order valence-corrected chi connectivity index (χ4v) is 1.95. The largest absolute Gasteiger partial charge is 0.478 e. The Morgan fingerprint density at radius 2 is 1.90 bits per heavy atom. The zero-order chi connectivity index (χ0) is 15.4. The average molecular weight is 288 g/mol. The van der Waals surface area contributed by atoms with Gasteiger partial charge in [-0.15, -0.1) is 0 Å². The fraction of sp³-hybridized carbons (Fsp3) is 0.214. The summed E-state index contributed by atoms with van der Waals surface area (Å²) in [6, 6.07) is 5.71. The van der Waals surface area contributed by atoms with Crippen LogP contribution >= 0.6 is 0 Å². The van der Waals surface area contributed by atoms with Crippen molar-refractivity contribution in [3.05, 3.63) is 41.7 Å². The first-order valence-corrected chi connectivity index (χ1v) is 6.44. The third-order valence-electron chi connectivity index (χ3n) is 2.89. The summed E-state index contributed by atoms with van der Waals surface area (Å²) in [6.07, 6.45) is 2.38. The van der Waals surface area contributed by atoms with E-state index in [1.807, 2.05) is 6.92 Å². The number of aryl methyl sites for hydroxylation is 2. The van der Waals surface area contributed by atoms with Crippen LogP contribution in [0.15, 0.2) is 30.5 Å². The third-order valence-corrected chi connectivity index (χ3v) is 2.89. The Bertz CT molecular complexity index is 679. The maximum absolute atomic E-state index is 12.0. The van der Waals surface area contributed by atoms with Gasteiger partial charge in [0.1, 0.15) is 0 Å². The average Bonchev–Trinajstić information content (AvgIpc) is 2.78. The first-order chi connectivity index (χ1) is 10.0. The molecule has 7 heteroatoms. The summed E-state index contributed by atoms with van der Waals surface area (Å²) in [7, 11) is 1.77. The van der Waals surface area contributed by atoms with E-state index in [1.54, 1.807) is 30.1 Å². The number of aromatic carboxylic acids is 1. The lowest BCUT2D eigenvalue weighted by Crippen LogP contribution is -2.21. The van der Waals surface area contributed by atoms with E-state index >= 15 is 0 Å². The van der Waals surface area contributed by atoms with Crippen LogP contribution in [0.5, 0.6) is 0 Å². The number of anilines is 2. The molecule has 2 amide bonds. The minimum Gasteiger partial charge on any atom is -0.478 e. The maximum atomic E-state index is 12.0. The Morgan fingerprint density at radius 1 is 1.24 bits per heavy atom. The predicted molar refractivity (Wildman–Crippen MR) is 78.6 cm³/mol. The van der Waals surface area contributed by atoms with Crippen LogP contribution < -0.4 is 10.6 Å². The summed E-state index contributed by atoms with van der Waals surface area (Å²) in [5.41, 5.74) is 1.64. The fourth-order valence-electron chi connectivity index (χ4n) is 1.95. The van der Waals surface area contributed by atoms with E-state index in [0.717, 1.165) is 5.69 Å². The van der Waals surface area contributed by atoms with Crippen LogP contribution in [-0.4, -0.2) is 26.9 Å². The molecule has 110 valence electrons. The molecule has 0 saturated heterocycles. The second-order valence-electron chi connectivity index (χ2n) is 4.45. The number of carbonyl (C=O) groups excluding carboxylic acids is 1. The number of urea groups is 1. The van der Waals surface area contributed by atoms with Crippen molar-refractivity contribution in [3.63, 3.8) is 0 Å². The number of carboxylic acids is 1. The molecule has 1 heterocycles. The highest BCUT2D eigenvalue weighted by Crippen LogP contribution is 2.17. The topological polar surface area (TPSA) is 96.3 Å².